The van der Waals surface area contributed by atoms with Gasteiger partial charge in [-0.3, -0.25) is 10.9 Å². The zero-order valence-corrected chi connectivity index (χ0v) is 14.5. The fourth-order valence-electron chi connectivity index (χ4n) is 3.86. The van der Waals surface area contributed by atoms with Crippen LogP contribution in [0.25, 0.3) is 0 Å². The Kier molecular flexibility index (Phi) is 4.31. The summed E-state index contributed by atoms with van der Waals surface area (Å²) in [5.41, 5.74) is 6.99. The molecule has 0 radical (unpaired) electrons. The fourth-order valence-corrected chi connectivity index (χ4v) is 3.86. The number of benzene rings is 1. The maximum atomic E-state index is 13.3. The highest BCUT2D eigenvalue weighted by Crippen LogP contribution is 2.38. The Labute approximate surface area is 146 Å². The monoisotopic (exact) mass is 346 g/mol. The summed E-state index contributed by atoms with van der Waals surface area (Å²) in [4.78, 5) is 4.69. The van der Waals surface area contributed by atoms with Gasteiger partial charge in [-0.25, -0.2) is 4.39 Å². The molecule has 3 atom stereocenters. The van der Waals surface area contributed by atoms with Gasteiger partial charge in [-0.1, -0.05) is 17.3 Å². The van der Waals surface area contributed by atoms with Crippen LogP contribution < -0.4 is 10.9 Å². The van der Waals surface area contributed by atoms with Gasteiger partial charge in [0, 0.05) is 31.0 Å². The molecule has 0 aliphatic carbocycles. The zero-order chi connectivity index (χ0) is 17.4. The molecule has 2 fully saturated rings. The molecule has 7 heteroatoms. The number of nitrogens with zero attached hydrogens (tertiary/aromatic N) is 2. The van der Waals surface area contributed by atoms with E-state index in [1.54, 1.807) is 12.1 Å². The van der Waals surface area contributed by atoms with Crippen LogP contribution in [0.2, 0.25) is 0 Å². The molecule has 25 heavy (non-hydrogen) atoms. The van der Waals surface area contributed by atoms with Crippen LogP contribution in [-0.2, 0) is 16.6 Å². The molecule has 2 aromatic rings. The average Bonchev–Trinajstić information content (AvgIpc) is 3.33. The highest BCUT2D eigenvalue weighted by atomic mass is 19.1. The van der Waals surface area contributed by atoms with Crippen molar-refractivity contribution in [2.45, 2.75) is 44.2 Å². The highest BCUT2D eigenvalue weighted by molar-refractivity contribution is 5.34. The van der Waals surface area contributed by atoms with E-state index in [1.165, 1.54) is 12.1 Å². The third-order valence-electron chi connectivity index (χ3n) is 5.55. The minimum absolute atomic E-state index is 0.254. The van der Waals surface area contributed by atoms with E-state index in [-0.39, 0.29) is 5.82 Å². The topological polar surface area (TPSA) is 72.2 Å². The van der Waals surface area contributed by atoms with Gasteiger partial charge < -0.3 is 9.26 Å². The van der Waals surface area contributed by atoms with Crippen molar-refractivity contribution in [1.82, 2.24) is 21.0 Å². The maximum Gasteiger partial charge on any atom is 0.227 e. The highest BCUT2D eigenvalue weighted by Gasteiger charge is 2.43. The van der Waals surface area contributed by atoms with Crippen LogP contribution in [0.4, 0.5) is 4.39 Å². The third-order valence-corrected chi connectivity index (χ3v) is 5.55. The normalized spacial score (nSPS) is 32.4. The predicted molar refractivity (Wildman–Crippen MR) is 89.3 cm³/mol. The number of hydrogen-bond donors (Lipinski definition) is 2. The van der Waals surface area contributed by atoms with Crippen molar-refractivity contribution >= 4 is 0 Å². The van der Waals surface area contributed by atoms with Gasteiger partial charge >= 0.3 is 0 Å². The number of halogens is 1. The van der Waals surface area contributed by atoms with Crippen molar-refractivity contribution in [3.8, 4) is 0 Å². The van der Waals surface area contributed by atoms with Crippen LogP contribution in [-0.4, -0.2) is 35.4 Å². The largest absolute Gasteiger partial charge is 0.380 e. The van der Waals surface area contributed by atoms with Crippen LogP contribution in [0.15, 0.2) is 28.8 Å². The van der Waals surface area contributed by atoms with E-state index in [1.807, 2.05) is 0 Å². The van der Waals surface area contributed by atoms with Crippen LogP contribution in [0.3, 0.4) is 0 Å². The van der Waals surface area contributed by atoms with E-state index in [0.717, 1.165) is 18.4 Å². The molecule has 1 aromatic heterocycles. The number of hydrazine groups is 1. The average molecular weight is 346 g/mol. The van der Waals surface area contributed by atoms with E-state index in [4.69, 9.17) is 9.26 Å². The van der Waals surface area contributed by atoms with Gasteiger partial charge in [-0.2, -0.15) is 4.98 Å². The van der Waals surface area contributed by atoms with Gasteiger partial charge in [0.05, 0.1) is 12.0 Å². The molecule has 3 heterocycles. The molecule has 1 aromatic carbocycles. The van der Waals surface area contributed by atoms with Crippen molar-refractivity contribution in [2.24, 2.45) is 5.92 Å². The Morgan fingerprint density at radius 2 is 1.92 bits per heavy atom. The first-order valence-electron chi connectivity index (χ1n) is 8.76. The van der Waals surface area contributed by atoms with Gasteiger partial charge in [-0.15, -0.1) is 0 Å². The minimum Gasteiger partial charge on any atom is -0.380 e. The predicted octanol–water partition coefficient (Wildman–Crippen LogP) is 1.96. The van der Waals surface area contributed by atoms with E-state index in [2.05, 4.69) is 34.8 Å². The summed E-state index contributed by atoms with van der Waals surface area (Å²) in [7, 11) is 0. The Bertz CT molecular complexity index is 717. The summed E-state index contributed by atoms with van der Waals surface area (Å²) >= 11 is 0. The number of hydrogen-bond acceptors (Lipinski definition) is 6. The minimum atomic E-state index is -0.459. The van der Waals surface area contributed by atoms with Crippen molar-refractivity contribution < 1.29 is 13.7 Å². The first-order chi connectivity index (χ1) is 12.1. The molecule has 0 saturated carbocycles. The molecule has 2 N–H and O–H groups in total. The van der Waals surface area contributed by atoms with E-state index in [9.17, 15) is 4.39 Å². The van der Waals surface area contributed by atoms with Gasteiger partial charge in [-0.05, 0) is 38.0 Å². The van der Waals surface area contributed by atoms with E-state index >= 15 is 0 Å². The van der Waals surface area contributed by atoms with Crippen molar-refractivity contribution in [2.75, 3.05) is 13.2 Å². The van der Waals surface area contributed by atoms with Crippen molar-refractivity contribution in [1.29, 1.82) is 0 Å². The standard InChI is InChI=1S/C18H23FN4O2/c1-11-15(12(2)22-21-11)9-16-20-17(23-25-16)18(7-8-24-10-18)13-3-5-14(19)6-4-13/h3-6,11-12,15,21-22H,7-10H2,1-2H3. The van der Waals surface area contributed by atoms with Crippen molar-refractivity contribution in [3.05, 3.63) is 47.4 Å². The maximum absolute atomic E-state index is 13.3. The summed E-state index contributed by atoms with van der Waals surface area (Å²) < 4.78 is 24.5. The summed E-state index contributed by atoms with van der Waals surface area (Å²) in [6, 6.07) is 7.19. The third kappa shape index (κ3) is 2.96. The molecule has 134 valence electrons. The van der Waals surface area contributed by atoms with E-state index in [0.29, 0.717) is 42.9 Å². The lowest BCUT2D eigenvalue weighted by Crippen LogP contribution is -2.30. The van der Waals surface area contributed by atoms with Crippen LogP contribution >= 0.6 is 0 Å². The smallest absolute Gasteiger partial charge is 0.227 e. The van der Waals surface area contributed by atoms with Gasteiger partial charge in [0.25, 0.3) is 0 Å². The second-order valence-electron chi connectivity index (χ2n) is 7.14. The summed E-state index contributed by atoms with van der Waals surface area (Å²) in [5, 5.41) is 4.26. The number of ether oxygens (including phenoxy) is 1. The SMILES string of the molecule is CC1NNC(C)C1Cc1nc(C2(c3ccc(F)cc3)CCOC2)no1. The lowest BCUT2D eigenvalue weighted by Gasteiger charge is -2.24. The van der Waals surface area contributed by atoms with Gasteiger partial charge in [0.2, 0.25) is 5.89 Å². The van der Waals surface area contributed by atoms with Crippen LogP contribution in [0.1, 0.15) is 37.5 Å². The van der Waals surface area contributed by atoms with Crippen LogP contribution in [0.5, 0.6) is 0 Å². The summed E-state index contributed by atoms with van der Waals surface area (Å²) in [6.45, 7) is 5.40. The molecule has 2 aliphatic rings. The number of aromatic nitrogens is 2. The molecule has 2 aliphatic heterocycles. The molecular formula is C18H23FN4O2. The van der Waals surface area contributed by atoms with Gasteiger partial charge in [0.1, 0.15) is 5.82 Å². The van der Waals surface area contributed by atoms with E-state index < -0.39 is 5.41 Å². The quantitative estimate of drug-likeness (QED) is 0.882. The van der Waals surface area contributed by atoms with Crippen LogP contribution in [0, 0.1) is 11.7 Å². The Morgan fingerprint density at radius 1 is 1.20 bits per heavy atom. The lowest BCUT2D eigenvalue weighted by atomic mass is 9.79. The first kappa shape index (κ1) is 16.6. The number of rotatable bonds is 4. The Morgan fingerprint density at radius 3 is 2.56 bits per heavy atom. The summed E-state index contributed by atoms with van der Waals surface area (Å²) in [6.07, 6.45) is 1.48. The lowest BCUT2D eigenvalue weighted by molar-refractivity contribution is 0.182. The molecule has 4 rings (SSSR count). The second kappa shape index (κ2) is 6.48. The van der Waals surface area contributed by atoms with Gasteiger partial charge in [0.15, 0.2) is 5.82 Å². The molecular weight excluding hydrogens is 323 g/mol. The molecule has 0 amide bonds. The first-order valence-corrected chi connectivity index (χ1v) is 8.76. The van der Waals surface area contributed by atoms with Crippen molar-refractivity contribution in [3.63, 3.8) is 0 Å². The Balaban J connectivity index is 1.61. The number of nitrogens with one attached hydrogen (secondary N) is 2. The zero-order valence-electron chi connectivity index (χ0n) is 14.5. The summed E-state index contributed by atoms with van der Waals surface area (Å²) in [5.74, 6) is 1.40. The molecule has 3 unspecified atom stereocenters. The molecule has 0 bridgehead atoms. The fraction of sp³-hybridized carbons (Fsp3) is 0.556. The Hall–Kier alpha value is -1.83. The second-order valence-corrected chi connectivity index (χ2v) is 7.14. The molecule has 0 spiro atoms. The molecule has 6 nitrogen and oxygen atoms in total. The molecule has 2 saturated heterocycles.